The number of carbonyl (C=O) groups is 1. The molecule has 0 saturated heterocycles. The summed E-state index contributed by atoms with van der Waals surface area (Å²) >= 11 is 3.44. The minimum absolute atomic E-state index is 0.0296. The van der Waals surface area contributed by atoms with Crippen molar-refractivity contribution >= 4 is 28.1 Å². The maximum atomic E-state index is 12.0. The molecule has 0 unspecified atom stereocenters. The number of nitrogens with one attached hydrogen (secondary N) is 1. The lowest BCUT2D eigenvalue weighted by molar-refractivity contribution is -0.125. The summed E-state index contributed by atoms with van der Waals surface area (Å²) < 4.78 is 6.65. The molecule has 1 saturated carbocycles. The Labute approximate surface area is 140 Å². The number of nitrogens with zero attached hydrogens (tertiary/aromatic N) is 1. The van der Waals surface area contributed by atoms with E-state index in [2.05, 4.69) is 33.4 Å². The number of rotatable bonds is 6. The van der Waals surface area contributed by atoms with E-state index >= 15 is 0 Å². The molecule has 4 nitrogen and oxygen atoms in total. The molecule has 1 N–H and O–H groups in total. The molecular formula is C17H23BrN2O2. The van der Waals surface area contributed by atoms with Crippen LogP contribution in [0.5, 0.6) is 5.75 Å². The van der Waals surface area contributed by atoms with Gasteiger partial charge in [-0.15, -0.1) is 0 Å². The molecule has 0 aliphatic heterocycles. The van der Waals surface area contributed by atoms with Gasteiger partial charge in [-0.3, -0.25) is 4.79 Å². The first-order valence-electron chi connectivity index (χ1n) is 7.96. The molecule has 2 rings (SSSR count). The second-order valence-electron chi connectivity index (χ2n) is 5.60. The van der Waals surface area contributed by atoms with Crippen molar-refractivity contribution < 1.29 is 9.53 Å². The van der Waals surface area contributed by atoms with E-state index in [1.807, 2.05) is 18.2 Å². The number of hydrazone groups is 1. The van der Waals surface area contributed by atoms with Crippen LogP contribution >= 0.6 is 15.9 Å². The van der Waals surface area contributed by atoms with E-state index in [1.54, 1.807) is 6.21 Å². The van der Waals surface area contributed by atoms with Crippen LogP contribution in [0.4, 0.5) is 0 Å². The minimum Gasteiger partial charge on any atom is -0.493 e. The minimum atomic E-state index is 0.0296. The zero-order valence-electron chi connectivity index (χ0n) is 13.0. The summed E-state index contributed by atoms with van der Waals surface area (Å²) in [5.41, 5.74) is 3.52. The van der Waals surface area contributed by atoms with Gasteiger partial charge in [0.25, 0.3) is 0 Å². The third-order valence-corrected chi connectivity index (χ3v) is 4.28. The molecule has 0 aromatic heterocycles. The summed E-state index contributed by atoms with van der Waals surface area (Å²) in [5.74, 6) is 0.923. The molecule has 0 radical (unpaired) electrons. The van der Waals surface area contributed by atoms with E-state index < -0.39 is 0 Å². The summed E-state index contributed by atoms with van der Waals surface area (Å²) in [7, 11) is 0. The van der Waals surface area contributed by atoms with Gasteiger partial charge in [-0.05, 0) is 37.5 Å². The van der Waals surface area contributed by atoms with Crippen LogP contribution in [0.25, 0.3) is 0 Å². The van der Waals surface area contributed by atoms with Gasteiger partial charge >= 0.3 is 0 Å². The molecule has 1 aliphatic carbocycles. The van der Waals surface area contributed by atoms with E-state index in [-0.39, 0.29) is 11.8 Å². The summed E-state index contributed by atoms with van der Waals surface area (Å²) in [6.07, 6.45) is 8.07. The number of amides is 1. The van der Waals surface area contributed by atoms with Crippen molar-refractivity contribution in [3.05, 3.63) is 28.2 Å². The summed E-state index contributed by atoms with van der Waals surface area (Å²) in [6, 6.07) is 5.77. The van der Waals surface area contributed by atoms with Crippen LogP contribution in [-0.2, 0) is 4.79 Å². The third kappa shape index (κ3) is 5.13. The van der Waals surface area contributed by atoms with Gasteiger partial charge in [0.2, 0.25) is 5.91 Å². The van der Waals surface area contributed by atoms with Crippen LogP contribution in [0.15, 0.2) is 27.8 Å². The van der Waals surface area contributed by atoms with Crippen LogP contribution in [-0.4, -0.2) is 18.7 Å². The van der Waals surface area contributed by atoms with E-state index in [9.17, 15) is 4.79 Å². The van der Waals surface area contributed by atoms with Gasteiger partial charge in [0.1, 0.15) is 5.75 Å². The molecule has 0 heterocycles. The lowest BCUT2D eigenvalue weighted by Crippen LogP contribution is -2.28. The topological polar surface area (TPSA) is 50.7 Å². The summed E-state index contributed by atoms with van der Waals surface area (Å²) in [6.45, 7) is 2.73. The highest BCUT2D eigenvalue weighted by molar-refractivity contribution is 9.10. The summed E-state index contributed by atoms with van der Waals surface area (Å²) in [5, 5.41) is 4.10. The van der Waals surface area contributed by atoms with Crippen molar-refractivity contribution in [2.24, 2.45) is 11.0 Å². The average Bonchev–Trinajstić information content (AvgIpc) is 2.55. The number of carbonyl (C=O) groups excluding carboxylic acids is 1. The Morgan fingerprint density at radius 2 is 2.18 bits per heavy atom. The number of hydrogen-bond acceptors (Lipinski definition) is 3. The first-order valence-corrected chi connectivity index (χ1v) is 8.75. The molecule has 22 heavy (non-hydrogen) atoms. The fraction of sp³-hybridized carbons (Fsp3) is 0.529. The standard InChI is InChI=1S/C17H23BrN2O2/c1-2-10-22-16-9-8-15(18)11-14(16)12-19-20-17(21)13-6-4-3-5-7-13/h8-9,11-13H,2-7,10H2,1H3,(H,20,21)/b19-12+. The quantitative estimate of drug-likeness (QED) is 0.603. The van der Waals surface area contributed by atoms with Crippen molar-refractivity contribution in [3.63, 3.8) is 0 Å². The molecule has 1 aromatic rings. The van der Waals surface area contributed by atoms with Gasteiger partial charge in [0.05, 0.1) is 12.8 Å². The SMILES string of the molecule is CCCOc1ccc(Br)cc1/C=N/NC(=O)C1CCCCC1. The first-order chi connectivity index (χ1) is 10.7. The normalized spacial score (nSPS) is 15.9. The van der Waals surface area contributed by atoms with Gasteiger partial charge in [-0.1, -0.05) is 42.1 Å². The largest absolute Gasteiger partial charge is 0.493 e. The Morgan fingerprint density at radius 1 is 1.41 bits per heavy atom. The monoisotopic (exact) mass is 366 g/mol. The van der Waals surface area contributed by atoms with Gasteiger partial charge < -0.3 is 4.74 Å². The number of benzene rings is 1. The Hall–Kier alpha value is -1.36. The Morgan fingerprint density at radius 3 is 2.91 bits per heavy atom. The highest BCUT2D eigenvalue weighted by Crippen LogP contribution is 2.24. The fourth-order valence-electron chi connectivity index (χ4n) is 2.59. The van der Waals surface area contributed by atoms with Crippen molar-refractivity contribution in [1.82, 2.24) is 5.43 Å². The zero-order valence-corrected chi connectivity index (χ0v) is 14.6. The molecule has 0 bridgehead atoms. The van der Waals surface area contributed by atoms with Crippen LogP contribution < -0.4 is 10.2 Å². The fourth-order valence-corrected chi connectivity index (χ4v) is 2.96. The maximum Gasteiger partial charge on any atom is 0.243 e. The Balaban J connectivity index is 1.96. The van der Waals surface area contributed by atoms with E-state index in [1.165, 1.54) is 6.42 Å². The molecule has 0 spiro atoms. The molecule has 120 valence electrons. The van der Waals surface area contributed by atoms with E-state index in [0.717, 1.165) is 47.9 Å². The zero-order chi connectivity index (χ0) is 15.8. The van der Waals surface area contributed by atoms with E-state index in [0.29, 0.717) is 6.61 Å². The van der Waals surface area contributed by atoms with Crippen molar-refractivity contribution in [2.75, 3.05) is 6.61 Å². The smallest absolute Gasteiger partial charge is 0.243 e. The van der Waals surface area contributed by atoms with Crippen LogP contribution in [0.3, 0.4) is 0 Å². The van der Waals surface area contributed by atoms with Gasteiger partial charge in [0, 0.05) is 16.0 Å². The molecule has 1 amide bonds. The van der Waals surface area contributed by atoms with Crippen LogP contribution in [0, 0.1) is 5.92 Å². The molecule has 0 atom stereocenters. The number of ether oxygens (including phenoxy) is 1. The number of hydrogen-bond donors (Lipinski definition) is 1. The van der Waals surface area contributed by atoms with Crippen LogP contribution in [0.2, 0.25) is 0 Å². The summed E-state index contributed by atoms with van der Waals surface area (Å²) in [4.78, 5) is 12.0. The number of halogens is 1. The third-order valence-electron chi connectivity index (χ3n) is 3.79. The van der Waals surface area contributed by atoms with Gasteiger partial charge in [-0.25, -0.2) is 5.43 Å². The average molecular weight is 367 g/mol. The molecular weight excluding hydrogens is 344 g/mol. The molecule has 1 fully saturated rings. The van der Waals surface area contributed by atoms with Crippen molar-refractivity contribution in [2.45, 2.75) is 45.4 Å². The van der Waals surface area contributed by atoms with E-state index in [4.69, 9.17) is 4.74 Å². The van der Waals surface area contributed by atoms with Crippen LogP contribution in [0.1, 0.15) is 51.0 Å². The van der Waals surface area contributed by atoms with Crippen molar-refractivity contribution in [3.8, 4) is 5.75 Å². The predicted molar refractivity (Wildman–Crippen MR) is 92.2 cm³/mol. The molecule has 1 aliphatic rings. The first kappa shape index (κ1) is 17.0. The highest BCUT2D eigenvalue weighted by Gasteiger charge is 2.20. The van der Waals surface area contributed by atoms with Gasteiger partial charge in [-0.2, -0.15) is 5.10 Å². The lowest BCUT2D eigenvalue weighted by Gasteiger charge is -2.19. The predicted octanol–water partition coefficient (Wildman–Crippen LogP) is 4.27. The maximum absolute atomic E-state index is 12.0. The lowest BCUT2D eigenvalue weighted by atomic mass is 9.89. The molecule has 5 heteroatoms. The Kier molecular flexibility index (Phi) is 6.90. The second kappa shape index (κ2) is 8.93. The highest BCUT2D eigenvalue weighted by atomic mass is 79.9. The second-order valence-corrected chi connectivity index (χ2v) is 6.52. The van der Waals surface area contributed by atoms with Gasteiger partial charge in [0.15, 0.2) is 0 Å². The van der Waals surface area contributed by atoms with Crippen molar-refractivity contribution in [1.29, 1.82) is 0 Å². The Bertz CT molecular complexity index is 525. The molecule has 1 aromatic carbocycles.